The van der Waals surface area contributed by atoms with E-state index in [4.69, 9.17) is 4.74 Å². The molecule has 0 radical (unpaired) electrons. The number of aromatic nitrogens is 2. The highest BCUT2D eigenvalue weighted by Crippen LogP contribution is 2.45. The van der Waals surface area contributed by atoms with Crippen molar-refractivity contribution in [3.05, 3.63) is 106 Å². The van der Waals surface area contributed by atoms with Gasteiger partial charge in [0.1, 0.15) is 17.6 Å². The zero-order valence-electron chi connectivity index (χ0n) is 23.8. The maximum atomic E-state index is 13.6. The van der Waals surface area contributed by atoms with Crippen LogP contribution >= 0.6 is 23.1 Å². The summed E-state index contributed by atoms with van der Waals surface area (Å²) in [6, 6.07) is 20.6. The van der Waals surface area contributed by atoms with Gasteiger partial charge in [0, 0.05) is 17.7 Å². The summed E-state index contributed by atoms with van der Waals surface area (Å²) in [7, 11) is 0. The summed E-state index contributed by atoms with van der Waals surface area (Å²) in [6.07, 6.45) is 0.747. The van der Waals surface area contributed by atoms with Crippen molar-refractivity contribution in [2.24, 2.45) is 0 Å². The van der Waals surface area contributed by atoms with Crippen LogP contribution in [0.15, 0.2) is 76.6 Å². The molecule has 0 bridgehead atoms. The molecule has 9 heteroatoms. The number of aryl methyl sites for hydroxylation is 1. The number of benzene rings is 3. The van der Waals surface area contributed by atoms with E-state index in [0.717, 1.165) is 22.4 Å². The smallest absolute Gasteiger partial charge is 0.301 e. The van der Waals surface area contributed by atoms with Gasteiger partial charge >= 0.3 is 5.91 Å². The van der Waals surface area contributed by atoms with Crippen molar-refractivity contribution in [2.75, 3.05) is 4.90 Å². The van der Waals surface area contributed by atoms with Gasteiger partial charge in [-0.25, -0.2) is 0 Å². The summed E-state index contributed by atoms with van der Waals surface area (Å²) >= 11 is 2.79. The maximum Gasteiger partial charge on any atom is 0.301 e. The number of thioether (sulfide) groups is 1. The summed E-state index contributed by atoms with van der Waals surface area (Å²) in [5.74, 6) is 0.0877. The Hall–Kier alpha value is -3.95. The third-order valence-electron chi connectivity index (χ3n) is 7.62. The summed E-state index contributed by atoms with van der Waals surface area (Å²) in [6.45, 7) is 8.25. The molecule has 3 heterocycles. The number of anilines is 1. The number of carbonyl (C=O) groups is 2. The number of hydrogen-bond acceptors (Lipinski definition) is 8. The number of ether oxygens (including phenoxy) is 1. The fraction of sp³-hybridized carbons (Fsp3) is 0.273. The molecule has 1 N–H and O–H groups in total. The number of amides is 1. The topological polar surface area (TPSA) is 92.6 Å². The molecule has 2 aliphatic heterocycles. The summed E-state index contributed by atoms with van der Waals surface area (Å²) < 4.78 is 6.50. The van der Waals surface area contributed by atoms with Crippen LogP contribution in [0.2, 0.25) is 0 Å². The maximum absolute atomic E-state index is 13.6. The van der Waals surface area contributed by atoms with E-state index in [1.165, 1.54) is 33.6 Å². The van der Waals surface area contributed by atoms with Gasteiger partial charge in [-0.3, -0.25) is 14.5 Å². The predicted octanol–water partition coefficient (Wildman–Crippen LogP) is 7.21. The molecule has 1 amide bonds. The van der Waals surface area contributed by atoms with E-state index < -0.39 is 17.7 Å². The Bertz CT molecular complexity index is 1690. The monoisotopic (exact) mass is 597 g/mol. The molecule has 6 rings (SSSR count). The molecular formula is C33H31N3O4S2. The van der Waals surface area contributed by atoms with E-state index in [9.17, 15) is 14.7 Å². The number of aliphatic hydroxyl groups excluding tert-OH is 1. The van der Waals surface area contributed by atoms with Gasteiger partial charge in [0.15, 0.2) is 4.34 Å². The first kappa shape index (κ1) is 28.2. The molecule has 2 atom stereocenters. The second kappa shape index (κ2) is 11.4. The molecule has 7 nitrogen and oxygen atoms in total. The van der Waals surface area contributed by atoms with E-state index in [2.05, 4.69) is 55.2 Å². The largest absolute Gasteiger partial charge is 0.507 e. The molecule has 42 heavy (non-hydrogen) atoms. The van der Waals surface area contributed by atoms with Crippen LogP contribution in [0.3, 0.4) is 0 Å². The SMILES string of the molecule is Cc1ccc(CSc2nnc(N3C(=O)C(=O)C(=C(O)c4ccc5c(c4)C[C@H](C)O5)[C@@H]3c3ccc(C(C)C)cc3)s2)cc1. The number of nitrogens with zero attached hydrogens (tertiary/aromatic N) is 3. The van der Waals surface area contributed by atoms with Gasteiger partial charge in [-0.15, -0.1) is 10.2 Å². The first-order chi connectivity index (χ1) is 20.2. The lowest BCUT2D eigenvalue weighted by atomic mass is 9.93. The molecule has 0 aliphatic carbocycles. The molecule has 1 saturated heterocycles. The first-order valence-corrected chi connectivity index (χ1v) is 15.7. The lowest BCUT2D eigenvalue weighted by Crippen LogP contribution is -2.29. The minimum absolute atomic E-state index is 0.0354. The standard InChI is InChI=1S/C33H31N3O4S2/c1-18(2)22-9-11-23(12-10-22)28-27(29(37)24-13-14-26-25(16-24)15-20(4)40-26)30(38)31(39)36(28)32-34-35-33(42-32)41-17-21-7-5-19(3)6-8-21/h5-14,16,18,20,28,37H,15,17H2,1-4H3/t20-,28-/m0/s1. The van der Waals surface area contributed by atoms with E-state index in [-0.39, 0.29) is 17.4 Å². The molecule has 4 aromatic rings. The van der Waals surface area contributed by atoms with Crippen molar-refractivity contribution in [3.63, 3.8) is 0 Å². The van der Waals surface area contributed by atoms with Gasteiger partial charge in [-0.05, 0) is 60.2 Å². The Kier molecular flexibility index (Phi) is 7.64. The Labute approximate surface area is 253 Å². The number of carbonyl (C=O) groups excluding carboxylic acids is 2. The van der Waals surface area contributed by atoms with E-state index in [1.807, 2.05) is 37.3 Å². The predicted molar refractivity (Wildman–Crippen MR) is 166 cm³/mol. The van der Waals surface area contributed by atoms with Crippen molar-refractivity contribution in [1.82, 2.24) is 10.2 Å². The van der Waals surface area contributed by atoms with Crippen LogP contribution in [-0.2, 0) is 21.8 Å². The minimum Gasteiger partial charge on any atom is -0.507 e. The highest BCUT2D eigenvalue weighted by molar-refractivity contribution is 8.00. The highest BCUT2D eigenvalue weighted by Gasteiger charge is 2.48. The Morgan fingerprint density at radius 2 is 1.81 bits per heavy atom. The van der Waals surface area contributed by atoms with Gasteiger partial charge in [-0.2, -0.15) is 0 Å². The number of ketones is 1. The van der Waals surface area contributed by atoms with Crippen LogP contribution in [-0.4, -0.2) is 33.1 Å². The van der Waals surface area contributed by atoms with Gasteiger partial charge in [-0.1, -0.05) is 91.0 Å². The zero-order chi connectivity index (χ0) is 29.5. The molecule has 1 aromatic heterocycles. The first-order valence-electron chi connectivity index (χ1n) is 13.9. The Balaban J connectivity index is 1.39. The van der Waals surface area contributed by atoms with Crippen LogP contribution in [0.1, 0.15) is 66.1 Å². The van der Waals surface area contributed by atoms with E-state index in [1.54, 1.807) is 12.1 Å². The summed E-state index contributed by atoms with van der Waals surface area (Å²) in [5.41, 5.74) is 5.66. The number of Topliss-reactive ketones (excluding diaryl/α,β-unsaturated/α-hetero) is 1. The van der Waals surface area contributed by atoms with Crippen molar-refractivity contribution >= 4 is 45.7 Å². The number of fused-ring (bicyclic) bond motifs is 1. The van der Waals surface area contributed by atoms with Crippen molar-refractivity contribution in [3.8, 4) is 5.75 Å². The van der Waals surface area contributed by atoms with Gasteiger partial charge in [0.25, 0.3) is 5.78 Å². The third kappa shape index (κ3) is 5.34. The molecule has 0 unspecified atom stereocenters. The summed E-state index contributed by atoms with van der Waals surface area (Å²) in [4.78, 5) is 28.6. The van der Waals surface area contributed by atoms with Crippen molar-refractivity contribution < 1.29 is 19.4 Å². The lowest BCUT2D eigenvalue weighted by molar-refractivity contribution is -0.132. The van der Waals surface area contributed by atoms with Crippen LogP contribution in [0.5, 0.6) is 5.75 Å². The fourth-order valence-corrected chi connectivity index (χ4v) is 7.14. The summed E-state index contributed by atoms with van der Waals surface area (Å²) in [5, 5.41) is 20.6. The molecule has 0 spiro atoms. The average molecular weight is 598 g/mol. The van der Waals surface area contributed by atoms with Crippen molar-refractivity contribution in [2.45, 2.75) is 62.3 Å². The van der Waals surface area contributed by atoms with Crippen molar-refractivity contribution in [1.29, 1.82) is 0 Å². The van der Waals surface area contributed by atoms with Gasteiger partial charge in [0.05, 0.1) is 11.6 Å². The molecule has 214 valence electrons. The van der Waals surface area contributed by atoms with Crippen LogP contribution in [0, 0.1) is 6.92 Å². The fourth-order valence-electron chi connectivity index (χ4n) is 5.32. The molecule has 0 saturated carbocycles. The Morgan fingerprint density at radius 1 is 1.07 bits per heavy atom. The van der Waals surface area contributed by atoms with Gasteiger partial charge < -0.3 is 9.84 Å². The molecule has 3 aromatic carbocycles. The van der Waals surface area contributed by atoms with E-state index >= 15 is 0 Å². The number of rotatable bonds is 7. The second-order valence-electron chi connectivity index (χ2n) is 11.1. The van der Waals surface area contributed by atoms with Crippen LogP contribution in [0.4, 0.5) is 5.13 Å². The minimum atomic E-state index is -0.850. The highest BCUT2D eigenvalue weighted by atomic mass is 32.2. The Morgan fingerprint density at radius 3 is 2.52 bits per heavy atom. The van der Waals surface area contributed by atoms with Gasteiger partial charge in [0.2, 0.25) is 5.13 Å². The van der Waals surface area contributed by atoms with E-state index in [0.29, 0.717) is 38.7 Å². The van der Waals surface area contributed by atoms with Crippen LogP contribution in [0.25, 0.3) is 5.76 Å². The number of aliphatic hydroxyl groups is 1. The molecule has 2 aliphatic rings. The average Bonchev–Trinajstić information content (AvgIpc) is 3.67. The number of hydrogen-bond donors (Lipinski definition) is 1. The van der Waals surface area contributed by atoms with Crippen LogP contribution < -0.4 is 9.64 Å². The zero-order valence-corrected chi connectivity index (χ0v) is 25.5. The third-order valence-corrected chi connectivity index (χ3v) is 9.74. The molecular weight excluding hydrogens is 567 g/mol. The molecule has 1 fully saturated rings. The second-order valence-corrected chi connectivity index (χ2v) is 13.2. The quantitative estimate of drug-likeness (QED) is 0.0791. The normalized spacial score (nSPS) is 19.4. The lowest BCUT2D eigenvalue weighted by Gasteiger charge is -2.23.